The Labute approximate surface area is 163 Å². The largest absolute Gasteiger partial charge is 0.435 e. The van der Waals surface area contributed by atoms with Crippen molar-refractivity contribution in [3.63, 3.8) is 0 Å². The van der Waals surface area contributed by atoms with Crippen molar-refractivity contribution in [2.45, 2.75) is 39.3 Å². The highest BCUT2D eigenvalue weighted by Gasteiger charge is 2.14. The Morgan fingerprint density at radius 1 is 0.964 bits per heavy atom. The van der Waals surface area contributed by atoms with Crippen LogP contribution >= 0.6 is 0 Å². The summed E-state index contributed by atoms with van der Waals surface area (Å²) < 4.78 is 28.5. The Morgan fingerprint density at radius 3 is 2.11 bits per heavy atom. The highest BCUT2D eigenvalue weighted by Crippen LogP contribution is 2.22. The minimum absolute atomic E-state index is 0.00132. The van der Waals surface area contributed by atoms with Crippen LogP contribution in [0.1, 0.15) is 42.3 Å². The lowest BCUT2D eigenvalue weighted by molar-refractivity contribution is -0.120. The molecule has 150 valence electrons. The maximum absolute atomic E-state index is 12.1. The molecular formula is C21H24F2N2O3. The first-order valence-electron chi connectivity index (χ1n) is 8.84. The van der Waals surface area contributed by atoms with Crippen LogP contribution in [0.4, 0.5) is 8.78 Å². The molecule has 0 saturated carbocycles. The van der Waals surface area contributed by atoms with Gasteiger partial charge in [0.25, 0.3) is 5.91 Å². The second-order valence-electron chi connectivity index (χ2n) is 7.31. The monoisotopic (exact) mass is 390 g/mol. The molecule has 0 unspecified atom stereocenters. The predicted molar refractivity (Wildman–Crippen MR) is 102 cm³/mol. The van der Waals surface area contributed by atoms with E-state index in [4.69, 9.17) is 0 Å². The van der Waals surface area contributed by atoms with Gasteiger partial charge in [0, 0.05) is 12.1 Å². The van der Waals surface area contributed by atoms with Crippen molar-refractivity contribution in [3.8, 4) is 5.75 Å². The summed E-state index contributed by atoms with van der Waals surface area (Å²) in [6.45, 7) is 3.44. The van der Waals surface area contributed by atoms with E-state index in [1.54, 1.807) is 24.3 Å². The van der Waals surface area contributed by atoms with Gasteiger partial charge in [-0.2, -0.15) is 8.78 Å². The predicted octanol–water partition coefficient (Wildman–Crippen LogP) is 3.63. The molecule has 0 aliphatic heterocycles. The highest BCUT2D eigenvalue weighted by atomic mass is 19.3. The zero-order valence-electron chi connectivity index (χ0n) is 16.1. The lowest BCUT2D eigenvalue weighted by Gasteiger charge is -2.19. The quantitative estimate of drug-likeness (QED) is 0.759. The number of ether oxygens (including phenoxy) is 1. The summed E-state index contributed by atoms with van der Waals surface area (Å²) >= 11 is 0. The number of nitrogens with one attached hydrogen (secondary N) is 2. The zero-order valence-corrected chi connectivity index (χ0v) is 16.1. The molecule has 0 atom stereocenters. The third-order valence-corrected chi connectivity index (χ3v) is 4.06. The van der Waals surface area contributed by atoms with Crippen molar-refractivity contribution in [1.82, 2.24) is 10.6 Å². The smallest absolute Gasteiger partial charge is 0.387 e. The zero-order chi connectivity index (χ0) is 20.7. The molecule has 7 heteroatoms. The van der Waals surface area contributed by atoms with Gasteiger partial charge in [-0.3, -0.25) is 9.59 Å². The van der Waals surface area contributed by atoms with Gasteiger partial charge < -0.3 is 15.4 Å². The van der Waals surface area contributed by atoms with Crippen LogP contribution in [0.5, 0.6) is 5.75 Å². The van der Waals surface area contributed by atoms with Gasteiger partial charge in [0.15, 0.2) is 0 Å². The first-order chi connectivity index (χ1) is 13.1. The maximum Gasteiger partial charge on any atom is 0.387 e. The third kappa shape index (κ3) is 6.64. The molecular weight excluding hydrogens is 366 g/mol. The van der Waals surface area contributed by atoms with Crippen molar-refractivity contribution >= 4 is 11.8 Å². The minimum atomic E-state index is -2.88. The normalized spacial score (nSPS) is 11.2. The van der Waals surface area contributed by atoms with E-state index < -0.39 is 6.61 Å². The first kappa shape index (κ1) is 21.3. The summed E-state index contributed by atoms with van der Waals surface area (Å²) in [6, 6.07) is 13.2. The fourth-order valence-corrected chi connectivity index (χ4v) is 2.44. The molecule has 0 aliphatic carbocycles. The number of carbonyl (C=O) groups is 2. The number of rotatable bonds is 7. The van der Waals surface area contributed by atoms with E-state index in [0.717, 1.165) is 11.1 Å². The first-order valence-corrected chi connectivity index (χ1v) is 8.84. The molecule has 0 radical (unpaired) electrons. The number of carbonyl (C=O) groups excluding carboxylic acids is 2. The van der Waals surface area contributed by atoms with Crippen LogP contribution in [-0.4, -0.2) is 25.0 Å². The number of hydrogen-bond donors (Lipinski definition) is 2. The van der Waals surface area contributed by atoms with Gasteiger partial charge in [-0.25, -0.2) is 0 Å². The highest BCUT2D eigenvalue weighted by molar-refractivity contribution is 5.96. The third-order valence-electron chi connectivity index (χ3n) is 4.06. The van der Waals surface area contributed by atoms with E-state index in [9.17, 15) is 18.4 Å². The number of benzene rings is 2. The number of alkyl halides is 2. The molecule has 0 fully saturated rings. The molecule has 0 saturated heterocycles. The van der Waals surface area contributed by atoms with Crippen molar-refractivity contribution in [1.29, 1.82) is 0 Å². The second kappa shape index (κ2) is 9.30. The van der Waals surface area contributed by atoms with E-state index in [1.165, 1.54) is 12.1 Å². The Kier molecular flexibility index (Phi) is 7.09. The SMILES string of the molecule is CC(C)(C)c1ccc(C(=O)NCC(=O)NCc2ccc(OC(F)F)cc2)cc1. The molecule has 0 spiro atoms. The molecule has 2 aromatic carbocycles. The van der Waals surface area contributed by atoms with Crippen molar-refractivity contribution in [3.05, 3.63) is 65.2 Å². The van der Waals surface area contributed by atoms with Crippen molar-refractivity contribution in [2.24, 2.45) is 0 Å². The van der Waals surface area contributed by atoms with E-state index in [1.807, 2.05) is 12.1 Å². The number of halogens is 2. The minimum Gasteiger partial charge on any atom is -0.435 e. The Bertz CT molecular complexity index is 798. The second-order valence-corrected chi connectivity index (χ2v) is 7.31. The summed E-state index contributed by atoms with van der Waals surface area (Å²) in [5, 5.41) is 5.22. The fourth-order valence-electron chi connectivity index (χ4n) is 2.44. The fraction of sp³-hybridized carbons (Fsp3) is 0.333. The molecule has 0 aliphatic rings. The van der Waals surface area contributed by atoms with Crippen LogP contribution in [0.2, 0.25) is 0 Å². The molecule has 28 heavy (non-hydrogen) atoms. The van der Waals surface area contributed by atoms with Gasteiger partial charge in [-0.05, 0) is 40.8 Å². The molecule has 0 aromatic heterocycles. The summed E-state index contributed by atoms with van der Waals surface area (Å²) in [7, 11) is 0. The molecule has 2 N–H and O–H groups in total. The van der Waals surface area contributed by atoms with Crippen LogP contribution in [0, 0.1) is 0 Å². The Balaban J connectivity index is 1.78. The lowest BCUT2D eigenvalue weighted by atomic mass is 9.87. The summed E-state index contributed by atoms with van der Waals surface area (Å²) in [5.74, 6) is -0.633. The number of hydrogen-bond acceptors (Lipinski definition) is 3. The average Bonchev–Trinajstić information content (AvgIpc) is 2.64. The molecule has 2 rings (SSSR count). The molecule has 0 heterocycles. The van der Waals surface area contributed by atoms with E-state index >= 15 is 0 Å². The molecule has 2 amide bonds. The van der Waals surface area contributed by atoms with Crippen LogP contribution in [0.15, 0.2) is 48.5 Å². The lowest BCUT2D eigenvalue weighted by Crippen LogP contribution is -2.36. The van der Waals surface area contributed by atoms with Gasteiger partial charge in [0.1, 0.15) is 5.75 Å². The van der Waals surface area contributed by atoms with E-state index in [2.05, 4.69) is 36.1 Å². The average molecular weight is 390 g/mol. The van der Waals surface area contributed by atoms with Gasteiger partial charge in [-0.15, -0.1) is 0 Å². The van der Waals surface area contributed by atoms with Crippen LogP contribution < -0.4 is 15.4 Å². The standard InChI is InChI=1S/C21H24F2N2O3/c1-21(2,3)16-8-6-15(7-9-16)19(27)25-13-18(26)24-12-14-4-10-17(11-5-14)28-20(22)23/h4-11,20H,12-13H2,1-3H3,(H,24,26)(H,25,27). The molecule has 5 nitrogen and oxygen atoms in total. The van der Waals surface area contributed by atoms with E-state index in [0.29, 0.717) is 5.56 Å². The Morgan fingerprint density at radius 2 is 1.57 bits per heavy atom. The van der Waals surface area contributed by atoms with Crippen molar-refractivity contribution in [2.75, 3.05) is 6.54 Å². The Hall–Kier alpha value is -2.96. The summed E-state index contributed by atoms with van der Waals surface area (Å²) in [5.41, 5.74) is 2.32. The summed E-state index contributed by atoms with van der Waals surface area (Å²) in [4.78, 5) is 24.0. The molecule has 2 aromatic rings. The number of amides is 2. The van der Waals surface area contributed by atoms with Gasteiger partial charge in [0.05, 0.1) is 6.54 Å². The molecule has 0 bridgehead atoms. The van der Waals surface area contributed by atoms with Crippen LogP contribution in [0.25, 0.3) is 0 Å². The van der Waals surface area contributed by atoms with Gasteiger partial charge in [-0.1, -0.05) is 45.0 Å². The summed E-state index contributed by atoms with van der Waals surface area (Å²) in [6.07, 6.45) is 0. The maximum atomic E-state index is 12.1. The van der Waals surface area contributed by atoms with E-state index in [-0.39, 0.29) is 36.1 Å². The van der Waals surface area contributed by atoms with Gasteiger partial charge >= 0.3 is 6.61 Å². The van der Waals surface area contributed by atoms with Crippen LogP contribution in [-0.2, 0) is 16.8 Å². The topological polar surface area (TPSA) is 67.4 Å². The van der Waals surface area contributed by atoms with Gasteiger partial charge in [0.2, 0.25) is 5.91 Å². The van der Waals surface area contributed by atoms with Crippen LogP contribution in [0.3, 0.4) is 0 Å². The van der Waals surface area contributed by atoms with Crippen molar-refractivity contribution < 1.29 is 23.1 Å².